The smallest absolute Gasteiger partial charge is 0.153 e. The van der Waals surface area contributed by atoms with E-state index in [1.807, 2.05) is 245 Å². The zero-order chi connectivity index (χ0) is 92.7. The molecule has 9 heterocycles. The van der Waals surface area contributed by atoms with Crippen LogP contribution in [0.3, 0.4) is 0 Å². The third kappa shape index (κ3) is 62.0. The standard InChI is InChI=1S/C11H16N2O.2C11H18N2O.C10H15NO2.C10H15NO.C10H14O.C9H14N2O2.C9H14N2O.C8H12N2O.C8H13NOS/c1-8(2)14-7-9-5-12-11(13-6-9)10-3-4-10;1-8(2)11-12-5-10(6-13-11)7-14-9(3)4;1-4-5-11-12-6-10(7-13-11)8-14-9(2)3;1-8(2)13-7-9-3-4-10(6-12)11-5-9;1-8(2)12-7-10-5-4-9(3)11-6-10;1-9(2)11-8-10-6-4-3-5-7-10;1-7(2)13-6-8-3-10-9(5-12)11-4-8;1-7(2)12-6-9-4-10-8(3)11-5-9;1-7(2)11-5-8-3-9-6-10-4-8;1-6(2)10-5-8-4-9-7(3)11-8/h5-6,8,10H,3-4,7H2,1-2H3;5-6,8-9H,7H2,1-4H3;6-7,9H,4-5,8H2,1-3H3;3-5,8,12H,6-7H2,1-2H3;4-6,8H,7H2,1-3H3;3-7,9H,8H2,1-2H3;3-4,7,12H,5-6H2,1-2H3;4-5,7H,6H2,1-3H3;3-4,6-7H,5H2,1-2H3;4,6H,5H2,1-3H3. The largest absolute Gasteiger partial charge is 0.390 e. The number of hydrogen-bond acceptors (Lipinski definition) is 28. The van der Waals surface area contributed by atoms with E-state index in [0.29, 0.717) is 95.0 Å². The van der Waals surface area contributed by atoms with Gasteiger partial charge in [0.15, 0.2) is 5.82 Å². The van der Waals surface area contributed by atoms with E-state index >= 15 is 0 Å². The summed E-state index contributed by atoms with van der Waals surface area (Å²) >= 11 is 1.69. The first-order valence-corrected chi connectivity index (χ1v) is 44.4. The van der Waals surface area contributed by atoms with Crippen LogP contribution in [-0.2, 0) is 133 Å². The normalized spacial score (nSPS) is 11.4. The van der Waals surface area contributed by atoms with E-state index in [0.717, 1.165) is 98.0 Å². The molecule has 0 amide bonds. The van der Waals surface area contributed by atoms with E-state index in [1.54, 1.807) is 60.8 Å². The highest BCUT2D eigenvalue weighted by molar-refractivity contribution is 7.11. The van der Waals surface area contributed by atoms with Gasteiger partial charge in [0.1, 0.15) is 36.2 Å². The van der Waals surface area contributed by atoms with E-state index in [-0.39, 0.29) is 62.0 Å². The highest BCUT2D eigenvalue weighted by Crippen LogP contribution is 2.37. The first kappa shape index (κ1) is 112. The molecule has 1 aromatic carbocycles. The van der Waals surface area contributed by atoms with Crippen molar-refractivity contribution in [3.05, 3.63) is 254 Å². The van der Waals surface area contributed by atoms with Crippen LogP contribution in [0.5, 0.6) is 0 Å². The summed E-state index contributed by atoms with van der Waals surface area (Å²) in [5.41, 5.74) is 11.2. The molecule has 1 saturated carbocycles. The molecule has 1 fully saturated rings. The Hall–Kier alpha value is -8.85. The number of aliphatic hydroxyl groups excluding tert-OH is 2. The average Bonchev–Trinajstić information content (AvgIpc) is 1.71. The van der Waals surface area contributed by atoms with Crippen LogP contribution in [0.1, 0.15) is 291 Å². The van der Waals surface area contributed by atoms with Crippen molar-refractivity contribution in [3.63, 3.8) is 0 Å². The number of aromatic nitrogens is 15. The molecular formula is C97H149N15O12S. The second-order valence-corrected chi connectivity index (χ2v) is 33.5. The van der Waals surface area contributed by atoms with Gasteiger partial charge in [-0.25, -0.2) is 64.8 Å². The lowest BCUT2D eigenvalue weighted by molar-refractivity contribution is 0.0651. The Bertz CT molecular complexity index is 3970. The molecule has 27 nitrogen and oxygen atoms in total. The molecule has 9 aromatic heterocycles. The van der Waals surface area contributed by atoms with Gasteiger partial charge in [-0.3, -0.25) is 9.97 Å². The minimum atomic E-state index is -0.120. The second-order valence-electron chi connectivity index (χ2n) is 32.2. The molecule has 0 saturated heterocycles. The molecule has 0 atom stereocenters. The van der Waals surface area contributed by atoms with Crippen LogP contribution in [0.4, 0.5) is 0 Å². The zero-order valence-electron chi connectivity index (χ0n) is 79.8. The van der Waals surface area contributed by atoms with E-state index in [1.165, 1.54) is 29.6 Å². The number of benzene rings is 1. The van der Waals surface area contributed by atoms with Gasteiger partial charge in [0, 0.05) is 150 Å². The van der Waals surface area contributed by atoms with Crippen molar-refractivity contribution >= 4 is 11.3 Å². The molecular weight excluding hydrogens is 1600 g/mol. The van der Waals surface area contributed by atoms with E-state index in [9.17, 15) is 0 Å². The summed E-state index contributed by atoms with van der Waals surface area (Å²) in [6, 6.07) is 18.0. The van der Waals surface area contributed by atoms with Crippen LogP contribution in [0.15, 0.2) is 154 Å². The number of ether oxygens (including phenoxy) is 10. The molecule has 0 radical (unpaired) electrons. The molecule has 28 heteroatoms. The number of nitrogens with zero attached hydrogens (tertiary/aromatic N) is 15. The summed E-state index contributed by atoms with van der Waals surface area (Å²) in [6.45, 7) is 58.5. The zero-order valence-corrected chi connectivity index (χ0v) is 80.6. The van der Waals surface area contributed by atoms with Gasteiger partial charge in [-0.15, -0.1) is 11.3 Å². The highest BCUT2D eigenvalue weighted by Gasteiger charge is 2.26. The average molecular weight is 1750 g/mol. The van der Waals surface area contributed by atoms with Crippen molar-refractivity contribution in [2.75, 3.05) is 0 Å². The third-order valence-electron chi connectivity index (χ3n) is 15.8. The molecule has 125 heavy (non-hydrogen) atoms. The summed E-state index contributed by atoms with van der Waals surface area (Å²) in [5.74, 6) is 5.05. The number of pyridine rings is 2. The molecule has 11 rings (SSSR count). The van der Waals surface area contributed by atoms with Gasteiger partial charge in [0.2, 0.25) is 0 Å². The van der Waals surface area contributed by atoms with Crippen molar-refractivity contribution in [2.45, 2.75) is 358 Å². The Balaban J connectivity index is 0.000000471. The van der Waals surface area contributed by atoms with Gasteiger partial charge in [-0.1, -0.05) is 63.2 Å². The summed E-state index contributed by atoms with van der Waals surface area (Å²) in [4.78, 5) is 63.0. The molecule has 690 valence electrons. The van der Waals surface area contributed by atoms with E-state index in [4.69, 9.17) is 57.6 Å². The molecule has 0 bridgehead atoms. The van der Waals surface area contributed by atoms with Gasteiger partial charge >= 0.3 is 0 Å². The van der Waals surface area contributed by atoms with Crippen LogP contribution in [0.25, 0.3) is 0 Å². The summed E-state index contributed by atoms with van der Waals surface area (Å²) in [5, 5.41) is 18.5. The number of thiazole rings is 1. The van der Waals surface area contributed by atoms with E-state index in [2.05, 4.69) is 108 Å². The molecule has 0 aliphatic heterocycles. The molecule has 0 unspecified atom stereocenters. The Morgan fingerprint density at radius 1 is 0.320 bits per heavy atom. The molecule has 2 N–H and O–H groups in total. The molecule has 10 aromatic rings. The number of hydrogen-bond donors (Lipinski definition) is 2. The van der Waals surface area contributed by atoms with Crippen molar-refractivity contribution in [1.29, 1.82) is 0 Å². The topological polar surface area (TPSA) is 326 Å². The van der Waals surface area contributed by atoms with Gasteiger partial charge < -0.3 is 57.6 Å². The number of rotatable bonds is 36. The molecule has 0 spiro atoms. The van der Waals surface area contributed by atoms with Crippen molar-refractivity contribution in [1.82, 2.24) is 74.8 Å². The first-order chi connectivity index (χ1) is 59.6. The highest BCUT2D eigenvalue weighted by atomic mass is 32.1. The van der Waals surface area contributed by atoms with Gasteiger partial charge in [0.05, 0.1) is 149 Å². The number of aliphatic hydroxyl groups is 2. The fraction of sp³-hybridized carbons (Fsp3) is 0.557. The van der Waals surface area contributed by atoms with Crippen LogP contribution >= 0.6 is 11.3 Å². The predicted molar refractivity (Wildman–Crippen MR) is 495 cm³/mol. The Morgan fingerprint density at radius 3 is 0.984 bits per heavy atom. The second kappa shape index (κ2) is 68.4. The Morgan fingerprint density at radius 2 is 0.656 bits per heavy atom. The van der Waals surface area contributed by atoms with Gasteiger partial charge in [-0.05, 0) is 207 Å². The maximum absolute atomic E-state index is 8.75. The van der Waals surface area contributed by atoms with Gasteiger partial charge in [-0.2, -0.15) is 0 Å². The van der Waals surface area contributed by atoms with Crippen molar-refractivity contribution < 1.29 is 57.6 Å². The van der Waals surface area contributed by atoms with Crippen molar-refractivity contribution in [3.8, 4) is 0 Å². The lowest BCUT2D eigenvalue weighted by Crippen LogP contribution is -2.04. The monoisotopic (exact) mass is 1750 g/mol. The van der Waals surface area contributed by atoms with Crippen LogP contribution in [0.2, 0.25) is 0 Å². The molecule has 1 aliphatic rings. The van der Waals surface area contributed by atoms with Crippen LogP contribution < -0.4 is 0 Å². The molecule has 1 aliphatic carbocycles. The fourth-order valence-electron chi connectivity index (χ4n) is 8.85. The van der Waals surface area contributed by atoms with Crippen LogP contribution in [0, 0.1) is 20.8 Å². The summed E-state index contributed by atoms with van der Waals surface area (Å²) in [6.07, 6.45) is 35.7. The predicted octanol–water partition coefficient (Wildman–Crippen LogP) is 20.0. The quantitative estimate of drug-likeness (QED) is 0.0368. The summed E-state index contributed by atoms with van der Waals surface area (Å²) in [7, 11) is 0. The summed E-state index contributed by atoms with van der Waals surface area (Å²) < 4.78 is 54.1. The third-order valence-corrected chi connectivity index (χ3v) is 16.7. The first-order valence-electron chi connectivity index (χ1n) is 43.5. The van der Waals surface area contributed by atoms with Crippen molar-refractivity contribution in [2.24, 2.45) is 0 Å². The lowest BCUT2D eigenvalue weighted by Gasteiger charge is -2.08. The minimum Gasteiger partial charge on any atom is -0.390 e. The maximum atomic E-state index is 8.75. The maximum Gasteiger partial charge on any atom is 0.153 e. The Labute approximate surface area is 751 Å². The number of aryl methyl sites for hydroxylation is 4. The SMILES string of the molecule is CC(C)OCc1ccc(CO)nc1.CC(C)OCc1ccccc1.CC(C)OCc1cnc(C(C)C)nc1.CC(C)OCc1cnc(C2CC2)nc1.CC(C)OCc1cnc(CO)nc1.CC(C)OCc1cncnc1.CCCc1ncc(COC(C)C)cn1.Cc1ccc(COC(C)C)cn1.Cc1ncc(COC(C)C)cn1.Cc1ncc(COC(C)C)s1. The van der Waals surface area contributed by atoms with Crippen LogP contribution in [-0.4, -0.2) is 146 Å². The minimum absolute atomic E-state index is 0.00861. The Kier molecular flexibility index (Phi) is 61.4. The fourth-order valence-corrected chi connectivity index (χ4v) is 9.57. The lowest BCUT2D eigenvalue weighted by atomic mass is 10.2. The van der Waals surface area contributed by atoms with E-state index < -0.39 is 0 Å². The van der Waals surface area contributed by atoms with Gasteiger partial charge in [0.25, 0.3) is 0 Å².